The Morgan fingerprint density at radius 1 is 1.26 bits per heavy atom. The Kier molecular flexibility index (Phi) is 9.55. The molecule has 10 heteroatoms. The van der Waals surface area contributed by atoms with Crippen LogP contribution in [0, 0.1) is 0 Å². The van der Waals surface area contributed by atoms with E-state index in [4.69, 9.17) is 14.2 Å². The lowest BCUT2D eigenvalue weighted by molar-refractivity contribution is -0.145. The van der Waals surface area contributed by atoms with E-state index < -0.39 is 12.1 Å². The summed E-state index contributed by atoms with van der Waals surface area (Å²) in [6, 6.07) is 10.3. The fourth-order valence-corrected chi connectivity index (χ4v) is 3.57. The number of aliphatic hydroxyl groups is 1. The molecule has 1 aliphatic rings. The average molecular weight is 495 g/mol. The van der Waals surface area contributed by atoms with Gasteiger partial charge in [0.2, 0.25) is 0 Å². The lowest BCUT2D eigenvalue weighted by Crippen LogP contribution is -2.43. The van der Waals surface area contributed by atoms with E-state index in [0.29, 0.717) is 35.8 Å². The number of phenolic OH excluding ortho intramolecular Hbond substituents is 1. The molecule has 1 heterocycles. The largest absolute Gasteiger partial charge is 0.508 e. The first-order valence-electron chi connectivity index (χ1n) is 10.8. The second-order valence-corrected chi connectivity index (χ2v) is 8.44. The van der Waals surface area contributed by atoms with Crippen molar-refractivity contribution < 1.29 is 34.0 Å². The zero-order valence-corrected chi connectivity index (χ0v) is 20.2. The highest BCUT2D eigenvalue weighted by atomic mass is 35.5. The third-order valence-electron chi connectivity index (χ3n) is 5.09. The van der Waals surface area contributed by atoms with Crippen LogP contribution in [-0.4, -0.2) is 54.0 Å². The topological polar surface area (TPSA) is 126 Å². The fourth-order valence-electron chi connectivity index (χ4n) is 3.57. The lowest BCUT2D eigenvalue weighted by Gasteiger charge is -2.29. The van der Waals surface area contributed by atoms with E-state index >= 15 is 0 Å². The van der Waals surface area contributed by atoms with Gasteiger partial charge in [-0.2, -0.15) is 0 Å². The van der Waals surface area contributed by atoms with Gasteiger partial charge in [0.05, 0.1) is 18.4 Å². The van der Waals surface area contributed by atoms with Gasteiger partial charge in [0.1, 0.15) is 17.2 Å². The predicted molar refractivity (Wildman–Crippen MR) is 129 cm³/mol. The molecule has 3 rings (SSSR count). The number of aliphatic hydroxyl groups excluding tert-OH is 1. The van der Waals surface area contributed by atoms with E-state index in [1.54, 1.807) is 19.1 Å². The summed E-state index contributed by atoms with van der Waals surface area (Å²) >= 11 is 0. The summed E-state index contributed by atoms with van der Waals surface area (Å²) < 4.78 is 15.7. The fraction of sp³-hybridized carbons (Fsp3) is 0.417. The van der Waals surface area contributed by atoms with E-state index in [2.05, 4.69) is 10.6 Å². The minimum absolute atomic E-state index is 0. The summed E-state index contributed by atoms with van der Waals surface area (Å²) in [4.78, 5) is 22.9. The van der Waals surface area contributed by atoms with Gasteiger partial charge in [-0.3, -0.25) is 4.79 Å². The molecule has 0 aromatic heterocycles. The summed E-state index contributed by atoms with van der Waals surface area (Å²) in [5, 5.41) is 26.7. The van der Waals surface area contributed by atoms with Crippen LogP contribution in [0.3, 0.4) is 0 Å². The minimum Gasteiger partial charge on any atom is -0.508 e. The zero-order valence-electron chi connectivity index (χ0n) is 19.4. The van der Waals surface area contributed by atoms with Gasteiger partial charge in [0.15, 0.2) is 13.2 Å². The van der Waals surface area contributed by atoms with Crippen LogP contribution in [0.25, 0.3) is 0 Å². The van der Waals surface area contributed by atoms with Crippen LogP contribution >= 0.6 is 12.4 Å². The Balaban J connectivity index is 0.00000408. The second-order valence-electron chi connectivity index (χ2n) is 8.44. The van der Waals surface area contributed by atoms with Crippen LogP contribution in [0.5, 0.6) is 17.2 Å². The van der Waals surface area contributed by atoms with E-state index in [1.807, 2.05) is 26.0 Å². The number of esters is 1. The number of carbonyl (C=O) groups is 2. The van der Waals surface area contributed by atoms with Crippen LogP contribution in [0.1, 0.15) is 38.0 Å². The van der Waals surface area contributed by atoms with Crippen LogP contribution in [0.15, 0.2) is 36.4 Å². The maximum absolute atomic E-state index is 11.5. The number of halogens is 1. The van der Waals surface area contributed by atoms with E-state index in [-0.39, 0.29) is 49.4 Å². The molecular weight excluding hydrogens is 464 g/mol. The van der Waals surface area contributed by atoms with Crippen molar-refractivity contribution >= 4 is 30.0 Å². The molecule has 1 atom stereocenters. The van der Waals surface area contributed by atoms with Crippen LogP contribution in [0.2, 0.25) is 0 Å². The number of hydrogen-bond donors (Lipinski definition) is 4. The number of β-amino-alcohol motifs (C(OH)–C–C–N with tert-alkyl or cyclic N) is 1. The quantitative estimate of drug-likeness (QED) is 0.371. The third kappa shape index (κ3) is 7.51. The van der Waals surface area contributed by atoms with Crippen LogP contribution in [-0.2, 0) is 20.7 Å². The summed E-state index contributed by atoms with van der Waals surface area (Å²) in [6.07, 6.45) is -0.290. The van der Waals surface area contributed by atoms with E-state index in [0.717, 1.165) is 5.56 Å². The molecule has 0 spiro atoms. The average Bonchev–Trinajstić information content (AvgIpc) is 2.76. The van der Waals surface area contributed by atoms with Crippen molar-refractivity contribution in [2.24, 2.45) is 0 Å². The highest BCUT2D eigenvalue weighted by molar-refractivity contribution is 5.96. The zero-order chi connectivity index (χ0) is 24.0. The maximum Gasteiger partial charge on any atom is 0.344 e. The van der Waals surface area contributed by atoms with Gasteiger partial charge in [0.25, 0.3) is 5.91 Å². The molecule has 0 fully saturated rings. The third-order valence-corrected chi connectivity index (χ3v) is 5.09. The molecule has 2 aromatic rings. The number of rotatable bonds is 10. The number of phenols is 1. The highest BCUT2D eigenvalue weighted by Crippen LogP contribution is 2.38. The number of fused-ring (bicyclic) bond motifs is 1. The normalized spacial score (nSPS) is 13.6. The number of hydrogen-bond acceptors (Lipinski definition) is 8. The molecule has 2 aromatic carbocycles. The van der Waals surface area contributed by atoms with Gasteiger partial charge >= 0.3 is 5.97 Å². The van der Waals surface area contributed by atoms with Gasteiger partial charge in [-0.05, 0) is 51.0 Å². The Labute approximate surface area is 204 Å². The lowest BCUT2D eigenvalue weighted by atomic mass is 9.94. The Morgan fingerprint density at radius 2 is 1.97 bits per heavy atom. The smallest absolute Gasteiger partial charge is 0.344 e. The molecule has 0 radical (unpaired) electrons. The first-order valence-corrected chi connectivity index (χ1v) is 10.8. The SMILES string of the molecule is CCOC(=O)COc1ccc(CC(C)(C)NCC(O)c2cc(O)cc3c2OCC(=O)N3)cc1.Cl. The first kappa shape index (κ1) is 27.2. The number of nitrogens with one attached hydrogen (secondary N) is 2. The molecule has 1 aliphatic heterocycles. The van der Waals surface area contributed by atoms with Crippen molar-refractivity contribution in [2.75, 3.05) is 31.7 Å². The Morgan fingerprint density at radius 3 is 2.65 bits per heavy atom. The van der Waals surface area contributed by atoms with Crippen molar-refractivity contribution in [2.45, 2.75) is 38.8 Å². The van der Waals surface area contributed by atoms with Gasteiger partial charge in [-0.1, -0.05) is 12.1 Å². The van der Waals surface area contributed by atoms with Crippen molar-refractivity contribution in [3.63, 3.8) is 0 Å². The molecule has 0 saturated carbocycles. The van der Waals surface area contributed by atoms with E-state index in [1.165, 1.54) is 12.1 Å². The molecule has 0 aliphatic carbocycles. The standard InChI is InChI=1S/C24H30N2O7.ClH/c1-4-31-22(30)14-32-17-7-5-15(6-8-17)11-24(2,3)25-12-20(28)18-9-16(27)10-19-23(18)33-13-21(29)26-19;/h5-10,20,25,27-28H,4,11-14H2,1-3H3,(H,26,29);1H. The predicted octanol–water partition coefficient (Wildman–Crippen LogP) is 2.73. The van der Waals surface area contributed by atoms with Crippen molar-refractivity contribution in [3.05, 3.63) is 47.5 Å². The first-order chi connectivity index (χ1) is 15.7. The van der Waals surface area contributed by atoms with Gasteiger partial charge < -0.3 is 35.1 Å². The second kappa shape index (κ2) is 11.9. The van der Waals surface area contributed by atoms with Gasteiger partial charge in [-0.15, -0.1) is 12.4 Å². The van der Waals surface area contributed by atoms with Gasteiger partial charge in [0, 0.05) is 23.7 Å². The number of ether oxygens (including phenoxy) is 3. The number of benzene rings is 2. The maximum atomic E-state index is 11.5. The van der Waals surface area contributed by atoms with Crippen LogP contribution in [0.4, 0.5) is 5.69 Å². The molecule has 186 valence electrons. The van der Waals surface area contributed by atoms with Crippen molar-refractivity contribution in [3.8, 4) is 17.2 Å². The molecule has 4 N–H and O–H groups in total. The molecule has 0 saturated heterocycles. The van der Waals surface area contributed by atoms with Crippen LogP contribution < -0.4 is 20.1 Å². The molecular formula is C24H31ClN2O7. The van der Waals surface area contributed by atoms with Crippen molar-refractivity contribution in [1.29, 1.82) is 0 Å². The number of amides is 1. The van der Waals surface area contributed by atoms with E-state index in [9.17, 15) is 19.8 Å². The molecule has 1 unspecified atom stereocenters. The molecule has 0 bridgehead atoms. The Hall–Kier alpha value is -3.01. The summed E-state index contributed by atoms with van der Waals surface area (Å²) in [5.41, 5.74) is 1.42. The molecule has 9 nitrogen and oxygen atoms in total. The van der Waals surface area contributed by atoms with Crippen molar-refractivity contribution in [1.82, 2.24) is 5.32 Å². The number of anilines is 1. The minimum atomic E-state index is -0.959. The Bertz CT molecular complexity index is 996. The monoisotopic (exact) mass is 494 g/mol. The molecule has 1 amide bonds. The summed E-state index contributed by atoms with van der Waals surface area (Å²) in [5.74, 6) is 0.140. The highest BCUT2D eigenvalue weighted by Gasteiger charge is 2.26. The van der Waals surface area contributed by atoms with Gasteiger partial charge in [-0.25, -0.2) is 4.79 Å². The number of carbonyl (C=O) groups excluding carboxylic acids is 2. The number of aromatic hydroxyl groups is 1. The summed E-state index contributed by atoms with van der Waals surface area (Å²) in [7, 11) is 0. The molecule has 34 heavy (non-hydrogen) atoms. The summed E-state index contributed by atoms with van der Waals surface area (Å²) in [6.45, 7) is 6.02.